The average molecular weight is 406 g/mol. The molecule has 5 aromatic carbocycles. The standard InChI is InChI=1S/C30H18N2/c1-2-8-18(9-3-1)19-16-25-29-27(17-19)32-26-15-5-4-10-20(26)22-12-6-13-23(30(22)32)21-11-7-14-24(31-25)28(21)29/h1-17,31H. The number of para-hydroxylation sites is 2. The molecule has 0 atom stereocenters. The molecule has 0 saturated carbocycles. The van der Waals surface area contributed by atoms with Crippen LogP contribution < -0.4 is 0 Å². The topological polar surface area (TPSA) is 20.2 Å². The number of benzene rings is 5. The van der Waals surface area contributed by atoms with E-state index >= 15 is 0 Å². The number of fused-ring (bicyclic) bond motifs is 5. The molecule has 0 unspecified atom stereocenters. The van der Waals surface area contributed by atoms with Gasteiger partial charge in [-0.1, -0.05) is 78.9 Å². The van der Waals surface area contributed by atoms with Gasteiger partial charge in [0.15, 0.2) is 0 Å². The molecule has 3 heterocycles. The summed E-state index contributed by atoms with van der Waals surface area (Å²) in [4.78, 5) is 3.73. The van der Waals surface area contributed by atoms with E-state index in [-0.39, 0.29) is 0 Å². The second-order valence-corrected chi connectivity index (χ2v) is 8.69. The highest BCUT2D eigenvalue weighted by atomic mass is 14.9. The molecule has 0 aliphatic rings. The largest absolute Gasteiger partial charge is 0.354 e. The number of hydrogen-bond donors (Lipinski definition) is 1. The lowest BCUT2D eigenvalue weighted by molar-refractivity contribution is 1.36. The molecule has 2 heteroatoms. The van der Waals surface area contributed by atoms with Gasteiger partial charge in [-0.3, -0.25) is 0 Å². The summed E-state index contributed by atoms with van der Waals surface area (Å²) < 4.78 is 2.49. The smallest absolute Gasteiger partial charge is 0.0619 e. The maximum atomic E-state index is 3.73. The molecular formula is C30H18N2. The van der Waals surface area contributed by atoms with Crippen LogP contribution in [0.25, 0.3) is 71.0 Å². The first kappa shape index (κ1) is 16.4. The summed E-state index contributed by atoms with van der Waals surface area (Å²) in [5.74, 6) is 0. The molecule has 8 aromatic rings. The van der Waals surface area contributed by atoms with Crippen molar-refractivity contribution in [2.75, 3.05) is 0 Å². The van der Waals surface area contributed by atoms with Gasteiger partial charge in [-0.2, -0.15) is 0 Å². The van der Waals surface area contributed by atoms with Gasteiger partial charge >= 0.3 is 0 Å². The molecule has 3 aromatic heterocycles. The molecule has 0 aliphatic heterocycles. The van der Waals surface area contributed by atoms with Gasteiger partial charge < -0.3 is 9.38 Å². The van der Waals surface area contributed by atoms with Crippen molar-refractivity contribution in [3.05, 3.63) is 103 Å². The third-order valence-corrected chi connectivity index (χ3v) is 7.03. The lowest BCUT2D eigenvalue weighted by atomic mass is 10.0. The van der Waals surface area contributed by atoms with Gasteiger partial charge in [0, 0.05) is 38.0 Å². The fourth-order valence-corrected chi connectivity index (χ4v) is 5.74. The first-order valence-corrected chi connectivity index (χ1v) is 11.1. The summed E-state index contributed by atoms with van der Waals surface area (Å²) in [6.07, 6.45) is 0. The number of aromatic amines is 1. The average Bonchev–Trinajstić information content (AvgIpc) is 3.35. The Balaban J connectivity index is 1.78. The van der Waals surface area contributed by atoms with Crippen LogP contribution in [0.4, 0.5) is 0 Å². The Bertz CT molecular complexity index is 1970. The zero-order valence-electron chi connectivity index (χ0n) is 17.3. The lowest BCUT2D eigenvalue weighted by Crippen LogP contribution is -1.87. The SMILES string of the molecule is c1ccc(-c2cc3[nH]c4cccc5c6cccc7c8ccccc8n(c(c2)c3c45)c67)cc1. The first-order chi connectivity index (χ1) is 15.9. The van der Waals surface area contributed by atoms with Gasteiger partial charge in [0.1, 0.15) is 0 Å². The fraction of sp³-hybridized carbons (Fsp3) is 0. The predicted octanol–water partition coefficient (Wildman–Crippen LogP) is 8.14. The Morgan fingerprint density at radius 2 is 1.19 bits per heavy atom. The Morgan fingerprint density at radius 3 is 2.09 bits per heavy atom. The van der Waals surface area contributed by atoms with Crippen LogP contribution in [0, 0.1) is 0 Å². The molecule has 0 amide bonds. The summed E-state index contributed by atoms with van der Waals surface area (Å²) in [6.45, 7) is 0. The van der Waals surface area contributed by atoms with Gasteiger partial charge in [0.05, 0.1) is 16.6 Å². The molecule has 0 saturated heterocycles. The molecule has 1 N–H and O–H groups in total. The summed E-state index contributed by atoms with van der Waals surface area (Å²) in [5.41, 5.74) is 8.63. The summed E-state index contributed by atoms with van der Waals surface area (Å²) in [5, 5.41) is 7.82. The molecule has 0 bridgehead atoms. The molecule has 0 spiro atoms. The van der Waals surface area contributed by atoms with Gasteiger partial charge in [0.25, 0.3) is 0 Å². The van der Waals surface area contributed by atoms with E-state index in [1.165, 1.54) is 71.0 Å². The number of aromatic nitrogens is 2. The highest BCUT2D eigenvalue weighted by molar-refractivity contribution is 6.31. The van der Waals surface area contributed by atoms with Crippen LogP contribution in [0.2, 0.25) is 0 Å². The van der Waals surface area contributed by atoms with E-state index in [4.69, 9.17) is 0 Å². The normalized spacial score (nSPS) is 12.4. The minimum atomic E-state index is 1.18. The Hall–Kier alpha value is -4.30. The molecule has 0 radical (unpaired) electrons. The van der Waals surface area contributed by atoms with Crippen LogP contribution in [-0.2, 0) is 0 Å². The first-order valence-electron chi connectivity index (χ1n) is 11.1. The highest BCUT2D eigenvalue weighted by Gasteiger charge is 2.19. The van der Waals surface area contributed by atoms with Gasteiger partial charge in [0.2, 0.25) is 0 Å². The summed E-state index contributed by atoms with van der Waals surface area (Å²) in [6, 6.07) is 37.5. The van der Waals surface area contributed by atoms with Crippen molar-refractivity contribution < 1.29 is 0 Å². The molecule has 32 heavy (non-hydrogen) atoms. The van der Waals surface area contributed by atoms with E-state index in [2.05, 4.69) is 113 Å². The minimum Gasteiger partial charge on any atom is -0.354 e. The predicted molar refractivity (Wildman–Crippen MR) is 136 cm³/mol. The monoisotopic (exact) mass is 406 g/mol. The number of rotatable bonds is 1. The van der Waals surface area contributed by atoms with E-state index in [0.29, 0.717) is 0 Å². The van der Waals surface area contributed by atoms with Gasteiger partial charge in [-0.15, -0.1) is 0 Å². The molecular weight excluding hydrogens is 388 g/mol. The third kappa shape index (κ3) is 1.91. The second kappa shape index (κ2) is 5.68. The minimum absolute atomic E-state index is 1.18. The maximum absolute atomic E-state index is 3.73. The zero-order chi connectivity index (χ0) is 20.8. The van der Waals surface area contributed by atoms with E-state index in [1.54, 1.807) is 0 Å². The van der Waals surface area contributed by atoms with E-state index in [1.807, 2.05) is 0 Å². The van der Waals surface area contributed by atoms with Crippen molar-refractivity contribution in [1.82, 2.24) is 9.38 Å². The van der Waals surface area contributed by atoms with Gasteiger partial charge in [-0.05, 0) is 40.8 Å². The molecule has 0 fully saturated rings. The second-order valence-electron chi connectivity index (χ2n) is 8.69. The zero-order valence-corrected chi connectivity index (χ0v) is 17.3. The summed E-state index contributed by atoms with van der Waals surface area (Å²) in [7, 11) is 0. The fourth-order valence-electron chi connectivity index (χ4n) is 5.74. The number of hydrogen-bond acceptors (Lipinski definition) is 0. The number of nitrogens with zero attached hydrogens (tertiary/aromatic N) is 1. The number of H-pyrrole nitrogens is 1. The highest BCUT2D eigenvalue weighted by Crippen LogP contribution is 2.43. The van der Waals surface area contributed by atoms with Crippen molar-refractivity contribution in [1.29, 1.82) is 0 Å². The van der Waals surface area contributed by atoms with Gasteiger partial charge in [-0.25, -0.2) is 0 Å². The van der Waals surface area contributed by atoms with Crippen molar-refractivity contribution >= 4 is 59.9 Å². The summed E-state index contributed by atoms with van der Waals surface area (Å²) >= 11 is 0. The van der Waals surface area contributed by atoms with Crippen molar-refractivity contribution in [3.63, 3.8) is 0 Å². The van der Waals surface area contributed by atoms with Crippen molar-refractivity contribution in [2.24, 2.45) is 0 Å². The molecule has 2 nitrogen and oxygen atoms in total. The van der Waals surface area contributed by atoms with E-state index in [9.17, 15) is 0 Å². The van der Waals surface area contributed by atoms with Crippen molar-refractivity contribution in [2.45, 2.75) is 0 Å². The molecule has 8 rings (SSSR count). The van der Waals surface area contributed by atoms with Crippen molar-refractivity contribution in [3.8, 4) is 11.1 Å². The van der Waals surface area contributed by atoms with Crippen LogP contribution in [0.15, 0.2) is 103 Å². The van der Waals surface area contributed by atoms with Crippen LogP contribution in [0.1, 0.15) is 0 Å². The molecule has 148 valence electrons. The maximum Gasteiger partial charge on any atom is 0.0619 e. The number of nitrogens with one attached hydrogen (secondary N) is 1. The lowest BCUT2D eigenvalue weighted by Gasteiger charge is -2.06. The van der Waals surface area contributed by atoms with Crippen LogP contribution >= 0.6 is 0 Å². The Kier molecular flexibility index (Phi) is 2.91. The third-order valence-electron chi connectivity index (χ3n) is 7.03. The van der Waals surface area contributed by atoms with Crippen LogP contribution in [0.5, 0.6) is 0 Å². The van der Waals surface area contributed by atoms with E-state index in [0.717, 1.165) is 0 Å². The van der Waals surface area contributed by atoms with Crippen LogP contribution in [0.3, 0.4) is 0 Å². The van der Waals surface area contributed by atoms with Crippen LogP contribution in [-0.4, -0.2) is 9.38 Å². The van der Waals surface area contributed by atoms with E-state index < -0.39 is 0 Å². The molecule has 0 aliphatic carbocycles. The quantitative estimate of drug-likeness (QED) is 0.284. The Morgan fingerprint density at radius 1 is 0.469 bits per heavy atom. The Labute approximate surface area is 183 Å².